The minimum atomic E-state index is -4.56. The van der Waals surface area contributed by atoms with Crippen LogP contribution >= 0.6 is 46.4 Å². The number of hydrogen-bond acceptors (Lipinski definition) is 8. The molecule has 0 amide bonds. The van der Waals surface area contributed by atoms with Crippen molar-refractivity contribution in [2.45, 2.75) is 65.3 Å². The number of halogens is 7. The maximum Gasteiger partial charge on any atom is 0.442 e. The number of nitrogens with zero attached hydrogens (tertiary/aromatic N) is 2. The van der Waals surface area contributed by atoms with E-state index in [1.807, 2.05) is 34.6 Å². The molecule has 1 atom stereocenters. The van der Waals surface area contributed by atoms with Crippen LogP contribution in [0.5, 0.6) is 17.2 Å². The molecular formula is C32H29Cl4F3N2O8. The standard InChI is InChI=1S/C17H11Cl2F3O5.C15H18Cl2N2O3/c1-8(15(23)24)26-16(25)11-7-10(3-4-12(11)18)27-14-5-2-9(6-13(14)19)17(20,21)22;1-8(2)21-12-7-11(9(16)6-10(12)17)19-14(20)22-13(18-19)15(3,4)5/h2-8H,1H3,(H,23,24);6-8H,1-5H3/t8-;/m0./s1. The van der Waals surface area contributed by atoms with Crippen LogP contribution in [0.4, 0.5) is 13.2 Å². The van der Waals surface area contributed by atoms with Crippen LogP contribution in [-0.2, 0) is 21.1 Å². The average molecular weight is 768 g/mol. The van der Waals surface area contributed by atoms with Crippen LogP contribution in [0.25, 0.3) is 5.69 Å². The molecule has 0 bridgehead atoms. The highest BCUT2D eigenvalue weighted by Crippen LogP contribution is 2.37. The van der Waals surface area contributed by atoms with E-state index in [4.69, 9.17) is 70.1 Å². The van der Waals surface area contributed by atoms with Crippen molar-refractivity contribution in [3.05, 3.63) is 96.2 Å². The maximum atomic E-state index is 12.7. The third-order valence-corrected chi connectivity index (χ3v) is 7.28. The van der Waals surface area contributed by atoms with Crippen molar-refractivity contribution >= 4 is 58.3 Å². The van der Waals surface area contributed by atoms with E-state index in [-0.39, 0.29) is 43.6 Å². The van der Waals surface area contributed by atoms with Gasteiger partial charge in [-0.05, 0) is 63.2 Å². The van der Waals surface area contributed by atoms with Gasteiger partial charge in [0.05, 0.1) is 43.0 Å². The van der Waals surface area contributed by atoms with Gasteiger partial charge in [0.2, 0.25) is 5.89 Å². The number of ether oxygens (including phenoxy) is 3. The summed E-state index contributed by atoms with van der Waals surface area (Å²) in [6, 6.07) is 9.44. The van der Waals surface area contributed by atoms with Crippen LogP contribution in [0.1, 0.15) is 63.4 Å². The van der Waals surface area contributed by atoms with Gasteiger partial charge in [0.25, 0.3) is 0 Å². The number of carboxylic acid groups (broad SMARTS) is 1. The summed E-state index contributed by atoms with van der Waals surface area (Å²) >= 11 is 24.0. The fraction of sp³-hybridized carbons (Fsp3) is 0.312. The molecule has 0 aliphatic carbocycles. The molecule has 0 spiro atoms. The van der Waals surface area contributed by atoms with Crippen LogP contribution in [0, 0.1) is 0 Å². The fourth-order valence-electron chi connectivity index (χ4n) is 3.64. The zero-order valence-electron chi connectivity index (χ0n) is 26.6. The SMILES string of the molecule is CC(C)Oc1cc(-n2nc(C(C)(C)C)oc2=O)c(Cl)cc1Cl.C[C@H](OC(=O)c1cc(Oc2ccc(C(F)(F)F)cc2Cl)ccc1Cl)C(=O)O. The first kappa shape index (κ1) is 39.5. The number of carbonyl (C=O) groups excluding carboxylic acids is 1. The summed E-state index contributed by atoms with van der Waals surface area (Å²) in [6.07, 6.45) is -6.02. The Balaban J connectivity index is 0.000000271. The Morgan fingerprint density at radius 1 is 0.878 bits per heavy atom. The molecule has 0 saturated carbocycles. The molecule has 0 unspecified atom stereocenters. The molecule has 1 heterocycles. The Morgan fingerprint density at radius 3 is 2.04 bits per heavy atom. The van der Waals surface area contributed by atoms with Gasteiger partial charge in [-0.25, -0.2) is 14.4 Å². The quantitative estimate of drug-likeness (QED) is 0.174. The van der Waals surface area contributed by atoms with Gasteiger partial charge >= 0.3 is 23.9 Å². The number of carboxylic acids is 1. The molecule has 0 fully saturated rings. The van der Waals surface area contributed by atoms with E-state index in [1.165, 1.54) is 18.2 Å². The van der Waals surface area contributed by atoms with Crippen molar-refractivity contribution in [2.24, 2.45) is 0 Å². The van der Waals surface area contributed by atoms with E-state index in [1.54, 1.807) is 6.07 Å². The van der Waals surface area contributed by atoms with Gasteiger partial charge in [-0.3, -0.25) is 0 Å². The smallest absolute Gasteiger partial charge is 0.442 e. The van der Waals surface area contributed by atoms with Crippen LogP contribution in [0.15, 0.2) is 57.7 Å². The first-order chi connectivity index (χ1) is 22.6. The van der Waals surface area contributed by atoms with Crippen LogP contribution in [-0.4, -0.2) is 39.0 Å². The Labute approximate surface area is 298 Å². The average Bonchev–Trinajstić information content (AvgIpc) is 3.37. The monoisotopic (exact) mass is 766 g/mol. The topological polar surface area (TPSA) is 130 Å². The molecule has 4 rings (SSSR count). The van der Waals surface area contributed by atoms with Crippen LogP contribution in [0.3, 0.4) is 0 Å². The Bertz CT molecular complexity index is 1900. The van der Waals surface area contributed by atoms with Gasteiger partial charge in [0, 0.05) is 11.5 Å². The lowest BCUT2D eigenvalue weighted by atomic mass is 9.97. The highest BCUT2D eigenvalue weighted by atomic mass is 35.5. The molecule has 1 aromatic heterocycles. The van der Waals surface area contributed by atoms with Gasteiger partial charge < -0.3 is 23.7 Å². The summed E-state index contributed by atoms with van der Waals surface area (Å²) < 4.78 is 60.1. The van der Waals surface area contributed by atoms with E-state index < -0.39 is 35.5 Å². The van der Waals surface area contributed by atoms with Crippen molar-refractivity contribution in [3.8, 4) is 22.9 Å². The lowest BCUT2D eigenvalue weighted by Gasteiger charge is -2.13. The molecule has 1 N–H and O–H groups in total. The fourth-order valence-corrected chi connectivity index (χ4v) is 4.57. The highest BCUT2D eigenvalue weighted by Gasteiger charge is 2.31. The molecule has 264 valence electrons. The Hall–Kier alpha value is -3.91. The second-order valence-electron chi connectivity index (χ2n) is 11.5. The lowest BCUT2D eigenvalue weighted by Crippen LogP contribution is -2.23. The summed E-state index contributed by atoms with van der Waals surface area (Å²) in [7, 11) is 0. The first-order valence-electron chi connectivity index (χ1n) is 14.1. The minimum absolute atomic E-state index is 0.0246. The van der Waals surface area contributed by atoms with Gasteiger partial charge in [0.15, 0.2) is 6.10 Å². The van der Waals surface area contributed by atoms with Crippen molar-refractivity contribution in [1.82, 2.24) is 9.78 Å². The number of aliphatic carboxylic acids is 1. The molecule has 17 heteroatoms. The van der Waals surface area contributed by atoms with Gasteiger partial charge in [-0.2, -0.15) is 17.9 Å². The second-order valence-corrected chi connectivity index (χ2v) is 13.1. The predicted molar refractivity (Wildman–Crippen MR) is 177 cm³/mol. The number of esters is 1. The van der Waals surface area contributed by atoms with E-state index in [2.05, 4.69) is 5.10 Å². The summed E-state index contributed by atoms with van der Waals surface area (Å²) in [5, 5.41) is 13.3. The van der Waals surface area contributed by atoms with Crippen molar-refractivity contribution < 1.29 is 46.5 Å². The second kappa shape index (κ2) is 15.8. The first-order valence-corrected chi connectivity index (χ1v) is 15.6. The predicted octanol–water partition coefficient (Wildman–Crippen LogP) is 9.65. The summed E-state index contributed by atoms with van der Waals surface area (Å²) in [5.74, 6) is -2.23. The number of carbonyl (C=O) groups is 2. The molecule has 0 aliphatic rings. The molecule has 49 heavy (non-hydrogen) atoms. The third kappa shape index (κ3) is 10.5. The highest BCUT2D eigenvalue weighted by molar-refractivity contribution is 6.36. The third-order valence-electron chi connectivity index (χ3n) is 6.06. The maximum absolute atomic E-state index is 12.7. The number of hydrogen-bond donors (Lipinski definition) is 1. The molecule has 0 saturated heterocycles. The number of rotatable bonds is 8. The van der Waals surface area contributed by atoms with E-state index in [0.717, 1.165) is 29.8 Å². The summed E-state index contributed by atoms with van der Waals surface area (Å²) in [5.41, 5.74) is -1.14. The van der Waals surface area contributed by atoms with Crippen molar-refractivity contribution in [3.63, 3.8) is 0 Å². The Kier molecular flexibility index (Phi) is 12.7. The van der Waals surface area contributed by atoms with Crippen LogP contribution in [0.2, 0.25) is 20.1 Å². The van der Waals surface area contributed by atoms with Gasteiger partial charge in [-0.15, -0.1) is 5.10 Å². The van der Waals surface area contributed by atoms with E-state index in [0.29, 0.717) is 28.4 Å². The summed E-state index contributed by atoms with van der Waals surface area (Å²) in [6.45, 7) is 10.6. The van der Waals surface area contributed by atoms with E-state index in [9.17, 15) is 27.6 Å². The zero-order valence-corrected chi connectivity index (χ0v) is 29.6. The van der Waals surface area contributed by atoms with Gasteiger partial charge in [-0.1, -0.05) is 67.2 Å². The normalized spacial score (nSPS) is 12.2. The van der Waals surface area contributed by atoms with Crippen molar-refractivity contribution in [1.29, 1.82) is 0 Å². The number of alkyl halides is 3. The molecule has 10 nitrogen and oxygen atoms in total. The zero-order chi connectivity index (χ0) is 37.0. The number of benzene rings is 3. The molecular weight excluding hydrogens is 739 g/mol. The molecule has 0 radical (unpaired) electrons. The minimum Gasteiger partial charge on any atom is -0.489 e. The molecule has 3 aromatic carbocycles. The molecule has 0 aliphatic heterocycles. The Morgan fingerprint density at radius 2 is 1.51 bits per heavy atom. The van der Waals surface area contributed by atoms with Gasteiger partial charge in [0.1, 0.15) is 17.2 Å². The summed E-state index contributed by atoms with van der Waals surface area (Å²) in [4.78, 5) is 34.9. The van der Waals surface area contributed by atoms with Crippen LogP contribution < -0.4 is 15.2 Å². The molecule has 4 aromatic rings. The van der Waals surface area contributed by atoms with Crippen molar-refractivity contribution in [2.75, 3.05) is 0 Å². The number of aromatic nitrogens is 2. The lowest BCUT2D eigenvalue weighted by molar-refractivity contribution is -0.146. The van der Waals surface area contributed by atoms with E-state index >= 15 is 0 Å². The largest absolute Gasteiger partial charge is 0.489 e.